The third-order valence-electron chi connectivity index (χ3n) is 5.98. The van der Waals surface area contributed by atoms with E-state index in [-0.39, 0.29) is 24.2 Å². The molecule has 0 radical (unpaired) electrons. The van der Waals surface area contributed by atoms with Gasteiger partial charge in [-0.1, -0.05) is 24.3 Å². The number of halogens is 3. The van der Waals surface area contributed by atoms with Crippen molar-refractivity contribution in [3.05, 3.63) is 59.2 Å². The van der Waals surface area contributed by atoms with Crippen LogP contribution >= 0.6 is 0 Å². The summed E-state index contributed by atoms with van der Waals surface area (Å²) in [5.41, 5.74) is 2.48. The van der Waals surface area contributed by atoms with Gasteiger partial charge in [-0.3, -0.25) is 9.69 Å². The summed E-state index contributed by atoms with van der Waals surface area (Å²) in [5.74, 6) is -0.333. The van der Waals surface area contributed by atoms with Crippen molar-refractivity contribution in [3.8, 4) is 0 Å². The number of hydrogen-bond donors (Lipinski definition) is 1. The van der Waals surface area contributed by atoms with Crippen LogP contribution in [0.2, 0.25) is 0 Å². The average Bonchev–Trinajstić information content (AvgIpc) is 3.18. The number of nitrogens with zero attached hydrogens (tertiary/aromatic N) is 2. The van der Waals surface area contributed by atoms with Crippen molar-refractivity contribution in [1.82, 2.24) is 4.90 Å². The van der Waals surface area contributed by atoms with E-state index in [9.17, 15) is 18.0 Å². The molecule has 0 bridgehead atoms. The highest BCUT2D eigenvalue weighted by Crippen LogP contribution is 2.37. The number of anilines is 2. The molecule has 31 heavy (non-hydrogen) atoms. The highest BCUT2D eigenvalue weighted by atomic mass is 19.4. The van der Waals surface area contributed by atoms with Crippen LogP contribution in [0.1, 0.15) is 29.2 Å². The van der Waals surface area contributed by atoms with Crippen LogP contribution in [0, 0.1) is 0 Å². The van der Waals surface area contributed by atoms with E-state index in [1.165, 1.54) is 17.2 Å². The first-order valence-corrected chi connectivity index (χ1v) is 10.4. The number of carbonyl (C=O) groups excluding carboxylic acids is 1. The molecule has 1 amide bonds. The second-order valence-electron chi connectivity index (χ2n) is 8.05. The van der Waals surface area contributed by atoms with Crippen molar-refractivity contribution in [3.63, 3.8) is 0 Å². The summed E-state index contributed by atoms with van der Waals surface area (Å²) in [7, 11) is 1.88. The molecule has 0 unspecified atom stereocenters. The Labute approximate surface area is 179 Å². The van der Waals surface area contributed by atoms with Crippen LogP contribution in [-0.2, 0) is 22.1 Å². The van der Waals surface area contributed by atoms with Gasteiger partial charge in [0.15, 0.2) is 0 Å². The van der Waals surface area contributed by atoms with Crippen molar-refractivity contribution >= 4 is 17.3 Å². The van der Waals surface area contributed by atoms with Crippen molar-refractivity contribution in [2.45, 2.75) is 25.1 Å². The Balaban J connectivity index is 1.51. The highest BCUT2D eigenvalue weighted by Gasteiger charge is 2.32. The number of fused-ring (bicyclic) bond motifs is 1. The Bertz CT molecular complexity index is 942. The van der Waals surface area contributed by atoms with Gasteiger partial charge in [0.1, 0.15) is 0 Å². The van der Waals surface area contributed by atoms with Crippen molar-refractivity contribution in [2.75, 3.05) is 50.1 Å². The smallest absolute Gasteiger partial charge is 0.378 e. The largest absolute Gasteiger partial charge is 0.416 e. The topological polar surface area (TPSA) is 44.8 Å². The first-order chi connectivity index (χ1) is 14.8. The van der Waals surface area contributed by atoms with Gasteiger partial charge in [-0.15, -0.1) is 0 Å². The van der Waals surface area contributed by atoms with Gasteiger partial charge in [0, 0.05) is 19.1 Å². The molecule has 1 saturated heterocycles. The summed E-state index contributed by atoms with van der Waals surface area (Å²) < 4.78 is 45.2. The zero-order valence-corrected chi connectivity index (χ0v) is 17.4. The van der Waals surface area contributed by atoms with E-state index in [2.05, 4.69) is 17.4 Å². The SMILES string of the molecule is CN(CC(=O)Nc1cc(C(F)(F)F)ccc1N1CCOCC1)[C@H]1CCc2ccccc21. The molecule has 2 aliphatic rings. The van der Waals surface area contributed by atoms with E-state index in [0.717, 1.165) is 25.0 Å². The Morgan fingerprint density at radius 3 is 2.68 bits per heavy atom. The molecule has 5 nitrogen and oxygen atoms in total. The number of hydrogen-bond acceptors (Lipinski definition) is 4. The highest BCUT2D eigenvalue weighted by molar-refractivity contribution is 5.96. The van der Waals surface area contributed by atoms with Crippen LogP contribution in [0.25, 0.3) is 0 Å². The van der Waals surface area contributed by atoms with Crippen molar-refractivity contribution in [2.24, 2.45) is 0 Å². The zero-order valence-electron chi connectivity index (χ0n) is 17.4. The molecule has 8 heteroatoms. The molecule has 1 fully saturated rings. The summed E-state index contributed by atoms with van der Waals surface area (Å²) in [6, 6.07) is 11.8. The zero-order chi connectivity index (χ0) is 22.0. The number of ether oxygens (including phenoxy) is 1. The summed E-state index contributed by atoms with van der Waals surface area (Å²) in [5, 5.41) is 2.74. The minimum atomic E-state index is -4.48. The second kappa shape index (κ2) is 8.88. The van der Waals surface area contributed by atoms with Crippen LogP contribution in [-0.4, -0.2) is 50.7 Å². The lowest BCUT2D eigenvalue weighted by Gasteiger charge is -2.31. The summed E-state index contributed by atoms with van der Waals surface area (Å²) >= 11 is 0. The lowest BCUT2D eigenvalue weighted by molar-refractivity contribution is -0.137. The van der Waals surface area contributed by atoms with Gasteiger partial charge in [-0.2, -0.15) is 13.2 Å². The molecule has 166 valence electrons. The number of aryl methyl sites for hydroxylation is 1. The Morgan fingerprint density at radius 1 is 1.19 bits per heavy atom. The number of carbonyl (C=O) groups is 1. The van der Waals surface area contributed by atoms with Gasteiger partial charge < -0.3 is 15.0 Å². The first-order valence-electron chi connectivity index (χ1n) is 10.4. The standard InChI is InChI=1S/C23H26F3N3O2/c1-28(20-8-6-16-4-2-3-5-18(16)20)15-22(30)27-19-14-17(23(24,25)26)7-9-21(19)29-10-12-31-13-11-29/h2-5,7,9,14,20H,6,8,10-13,15H2,1H3,(H,27,30)/t20-/m0/s1. The van der Waals surface area contributed by atoms with Crippen LogP contribution in [0.3, 0.4) is 0 Å². The predicted molar refractivity (Wildman–Crippen MR) is 113 cm³/mol. The third-order valence-corrected chi connectivity index (χ3v) is 5.98. The van der Waals surface area contributed by atoms with Crippen LogP contribution in [0.5, 0.6) is 0 Å². The first kappa shape index (κ1) is 21.6. The van der Waals surface area contributed by atoms with E-state index >= 15 is 0 Å². The number of nitrogens with one attached hydrogen (secondary N) is 1. The molecule has 4 rings (SSSR count). The van der Waals surface area contributed by atoms with E-state index in [1.807, 2.05) is 29.0 Å². The van der Waals surface area contributed by atoms with Crippen molar-refractivity contribution in [1.29, 1.82) is 0 Å². The molecule has 1 atom stereocenters. The normalized spacial score (nSPS) is 18.9. The molecular weight excluding hydrogens is 407 g/mol. The lowest BCUT2D eigenvalue weighted by atomic mass is 10.1. The van der Waals surface area contributed by atoms with E-state index in [1.54, 1.807) is 0 Å². The van der Waals surface area contributed by atoms with Gasteiger partial charge in [-0.05, 0) is 49.2 Å². The average molecular weight is 433 g/mol. The molecule has 0 aromatic heterocycles. The maximum absolute atomic E-state index is 13.3. The number of likely N-dealkylation sites (N-methyl/N-ethyl adjacent to an activating group) is 1. The van der Waals surface area contributed by atoms with Crippen LogP contribution in [0.15, 0.2) is 42.5 Å². The maximum Gasteiger partial charge on any atom is 0.416 e. The van der Waals surface area contributed by atoms with Crippen molar-refractivity contribution < 1.29 is 22.7 Å². The number of amides is 1. The Morgan fingerprint density at radius 2 is 1.94 bits per heavy atom. The molecule has 1 N–H and O–H groups in total. The molecular formula is C23H26F3N3O2. The van der Waals surface area contributed by atoms with Crippen LogP contribution in [0.4, 0.5) is 24.5 Å². The summed E-state index contributed by atoms with van der Waals surface area (Å²) in [6.45, 7) is 2.22. The number of morpholine rings is 1. The van der Waals surface area contributed by atoms with Gasteiger partial charge in [0.25, 0.3) is 0 Å². The van der Waals surface area contributed by atoms with E-state index < -0.39 is 11.7 Å². The Hall–Kier alpha value is -2.58. The number of rotatable bonds is 5. The monoisotopic (exact) mass is 433 g/mol. The van der Waals surface area contributed by atoms with Crippen LogP contribution < -0.4 is 10.2 Å². The fraction of sp³-hybridized carbons (Fsp3) is 0.435. The quantitative estimate of drug-likeness (QED) is 0.771. The predicted octanol–water partition coefficient (Wildman–Crippen LogP) is 4.10. The molecule has 1 aliphatic carbocycles. The van der Waals surface area contributed by atoms with Gasteiger partial charge in [-0.25, -0.2) is 0 Å². The minimum Gasteiger partial charge on any atom is -0.378 e. The Kier molecular flexibility index (Phi) is 6.20. The molecule has 2 aromatic carbocycles. The van der Waals surface area contributed by atoms with Gasteiger partial charge >= 0.3 is 6.18 Å². The fourth-order valence-corrected chi connectivity index (χ4v) is 4.41. The molecule has 1 heterocycles. The van der Waals surface area contributed by atoms with E-state index in [4.69, 9.17) is 4.74 Å². The molecule has 1 aliphatic heterocycles. The maximum atomic E-state index is 13.3. The minimum absolute atomic E-state index is 0.0950. The fourth-order valence-electron chi connectivity index (χ4n) is 4.41. The van der Waals surface area contributed by atoms with E-state index in [0.29, 0.717) is 32.0 Å². The summed E-state index contributed by atoms with van der Waals surface area (Å²) in [6.07, 6.45) is -2.60. The van der Waals surface area contributed by atoms with Gasteiger partial charge in [0.05, 0.1) is 36.7 Å². The molecule has 0 saturated carbocycles. The molecule has 0 spiro atoms. The number of alkyl halides is 3. The lowest BCUT2D eigenvalue weighted by Crippen LogP contribution is -2.37. The van der Waals surface area contributed by atoms with Gasteiger partial charge in [0.2, 0.25) is 5.91 Å². The summed E-state index contributed by atoms with van der Waals surface area (Å²) in [4.78, 5) is 16.7. The second-order valence-corrected chi connectivity index (χ2v) is 8.05. The molecule has 2 aromatic rings. The number of benzene rings is 2. The third kappa shape index (κ3) is 4.85.